The standard InChI is InChI=1S/C12H16BrCl/c1-3-5-9(4-2)11-8-10(14)6-7-12(11)13/h6-9H,3-5H2,1-2H3. The largest absolute Gasteiger partial charge is 0.0843 e. The molecule has 14 heavy (non-hydrogen) atoms. The third-order valence-electron chi connectivity index (χ3n) is 2.53. The van der Waals surface area contributed by atoms with Crippen LogP contribution in [-0.2, 0) is 0 Å². The van der Waals surface area contributed by atoms with Gasteiger partial charge in [0.15, 0.2) is 0 Å². The summed E-state index contributed by atoms with van der Waals surface area (Å²) in [7, 11) is 0. The molecule has 0 saturated heterocycles. The molecule has 0 spiro atoms. The number of halogens is 2. The summed E-state index contributed by atoms with van der Waals surface area (Å²) in [5, 5.41) is 0.831. The molecule has 0 bridgehead atoms. The molecule has 0 N–H and O–H groups in total. The highest BCUT2D eigenvalue weighted by atomic mass is 79.9. The summed E-state index contributed by atoms with van der Waals surface area (Å²) in [6, 6.07) is 6.04. The van der Waals surface area contributed by atoms with Crippen LogP contribution in [0.1, 0.15) is 44.6 Å². The van der Waals surface area contributed by atoms with E-state index in [0.717, 1.165) is 5.02 Å². The zero-order valence-corrected chi connectivity index (χ0v) is 11.0. The molecular formula is C12H16BrCl. The van der Waals surface area contributed by atoms with E-state index in [-0.39, 0.29) is 0 Å². The van der Waals surface area contributed by atoms with E-state index in [1.165, 1.54) is 29.3 Å². The number of hydrogen-bond donors (Lipinski definition) is 0. The van der Waals surface area contributed by atoms with Gasteiger partial charge in [0.1, 0.15) is 0 Å². The van der Waals surface area contributed by atoms with E-state index in [4.69, 9.17) is 11.6 Å². The lowest BCUT2D eigenvalue weighted by atomic mass is 9.92. The Morgan fingerprint density at radius 3 is 2.64 bits per heavy atom. The molecule has 1 atom stereocenters. The molecule has 0 nitrogen and oxygen atoms in total. The van der Waals surface area contributed by atoms with E-state index in [9.17, 15) is 0 Å². The van der Waals surface area contributed by atoms with Crippen molar-refractivity contribution in [2.24, 2.45) is 0 Å². The molecule has 2 heteroatoms. The number of benzene rings is 1. The first-order valence-corrected chi connectivity index (χ1v) is 6.31. The van der Waals surface area contributed by atoms with Gasteiger partial charge in [-0.25, -0.2) is 0 Å². The number of hydrogen-bond acceptors (Lipinski definition) is 0. The van der Waals surface area contributed by atoms with E-state index in [1.807, 2.05) is 12.1 Å². The van der Waals surface area contributed by atoms with Crippen LogP contribution in [-0.4, -0.2) is 0 Å². The Morgan fingerprint density at radius 1 is 1.36 bits per heavy atom. The highest BCUT2D eigenvalue weighted by Gasteiger charge is 2.11. The minimum Gasteiger partial charge on any atom is -0.0843 e. The summed E-state index contributed by atoms with van der Waals surface area (Å²) >= 11 is 9.58. The van der Waals surface area contributed by atoms with Crippen molar-refractivity contribution in [2.45, 2.75) is 39.0 Å². The molecule has 0 aromatic heterocycles. The lowest BCUT2D eigenvalue weighted by Gasteiger charge is -2.16. The smallest absolute Gasteiger partial charge is 0.0409 e. The lowest BCUT2D eigenvalue weighted by Crippen LogP contribution is -1.97. The Balaban J connectivity index is 2.96. The Labute approximate surface area is 99.8 Å². The van der Waals surface area contributed by atoms with Crippen LogP contribution in [0.3, 0.4) is 0 Å². The van der Waals surface area contributed by atoms with E-state index in [1.54, 1.807) is 0 Å². The molecule has 0 aliphatic rings. The molecule has 1 unspecified atom stereocenters. The lowest BCUT2D eigenvalue weighted by molar-refractivity contribution is 0.594. The monoisotopic (exact) mass is 274 g/mol. The van der Waals surface area contributed by atoms with Crippen molar-refractivity contribution in [1.29, 1.82) is 0 Å². The number of rotatable bonds is 4. The summed E-state index contributed by atoms with van der Waals surface area (Å²) in [6.45, 7) is 4.45. The van der Waals surface area contributed by atoms with E-state index in [2.05, 4.69) is 35.8 Å². The van der Waals surface area contributed by atoms with Gasteiger partial charge in [0.25, 0.3) is 0 Å². The van der Waals surface area contributed by atoms with Crippen molar-refractivity contribution in [3.05, 3.63) is 33.3 Å². The van der Waals surface area contributed by atoms with Crippen molar-refractivity contribution in [3.63, 3.8) is 0 Å². The first-order valence-electron chi connectivity index (χ1n) is 5.14. The van der Waals surface area contributed by atoms with Crippen molar-refractivity contribution >= 4 is 27.5 Å². The molecule has 78 valence electrons. The van der Waals surface area contributed by atoms with Gasteiger partial charge in [-0.3, -0.25) is 0 Å². The predicted molar refractivity (Wildman–Crippen MR) is 67.1 cm³/mol. The fraction of sp³-hybridized carbons (Fsp3) is 0.500. The second-order valence-electron chi connectivity index (χ2n) is 3.56. The van der Waals surface area contributed by atoms with Gasteiger partial charge in [-0.05, 0) is 42.5 Å². The topological polar surface area (TPSA) is 0 Å². The fourth-order valence-electron chi connectivity index (χ4n) is 1.76. The van der Waals surface area contributed by atoms with Gasteiger partial charge in [-0.1, -0.05) is 47.8 Å². The predicted octanol–water partition coefficient (Wildman–Crippen LogP) is 5.40. The van der Waals surface area contributed by atoms with Gasteiger partial charge in [0.05, 0.1) is 0 Å². The van der Waals surface area contributed by atoms with Gasteiger partial charge in [0, 0.05) is 9.50 Å². The molecule has 0 fully saturated rings. The van der Waals surface area contributed by atoms with Crippen molar-refractivity contribution < 1.29 is 0 Å². The first kappa shape index (κ1) is 12.1. The molecule has 0 aliphatic carbocycles. The normalized spacial score (nSPS) is 12.9. The maximum atomic E-state index is 6.00. The average molecular weight is 276 g/mol. The van der Waals surface area contributed by atoms with Crippen LogP contribution < -0.4 is 0 Å². The third kappa shape index (κ3) is 2.99. The molecule has 0 amide bonds. The SMILES string of the molecule is CCCC(CC)c1cc(Cl)ccc1Br. The summed E-state index contributed by atoms with van der Waals surface area (Å²) in [5.41, 5.74) is 1.35. The Bertz CT molecular complexity index is 296. The van der Waals surface area contributed by atoms with Gasteiger partial charge in [-0.15, -0.1) is 0 Å². The summed E-state index contributed by atoms with van der Waals surface area (Å²) in [6.07, 6.45) is 3.62. The van der Waals surface area contributed by atoms with Crippen LogP contribution in [0.2, 0.25) is 5.02 Å². The summed E-state index contributed by atoms with van der Waals surface area (Å²) in [4.78, 5) is 0. The van der Waals surface area contributed by atoms with E-state index in [0.29, 0.717) is 5.92 Å². The van der Waals surface area contributed by atoms with Crippen molar-refractivity contribution in [2.75, 3.05) is 0 Å². The van der Waals surface area contributed by atoms with Crippen LogP contribution >= 0.6 is 27.5 Å². The second kappa shape index (κ2) is 5.77. The zero-order valence-electron chi connectivity index (χ0n) is 8.69. The highest BCUT2D eigenvalue weighted by Crippen LogP contribution is 2.32. The maximum Gasteiger partial charge on any atom is 0.0409 e. The quantitative estimate of drug-likeness (QED) is 0.690. The van der Waals surface area contributed by atoms with Gasteiger partial charge in [0.2, 0.25) is 0 Å². The van der Waals surface area contributed by atoms with Crippen LogP contribution in [0.4, 0.5) is 0 Å². The second-order valence-corrected chi connectivity index (χ2v) is 4.85. The molecule has 0 aliphatic heterocycles. The third-order valence-corrected chi connectivity index (χ3v) is 3.49. The Kier molecular flexibility index (Phi) is 4.97. The molecule has 1 rings (SSSR count). The molecule has 1 aromatic carbocycles. The van der Waals surface area contributed by atoms with Crippen molar-refractivity contribution in [3.8, 4) is 0 Å². The Morgan fingerprint density at radius 2 is 2.07 bits per heavy atom. The van der Waals surface area contributed by atoms with E-state index >= 15 is 0 Å². The molecule has 0 saturated carbocycles. The average Bonchev–Trinajstić information content (AvgIpc) is 2.18. The molecular weight excluding hydrogens is 259 g/mol. The summed E-state index contributed by atoms with van der Waals surface area (Å²) < 4.78 is 1.18. The molecule has 1 aromatic rings. The zero-order chi connectivity index (χ0) is 10.6. The van der Waals surface area contributed by atoms with Crippen LogP contribution in [0.25, 0.3) is 0 Å². The van der Waals surface area contributed by atoms with Gasteiger partial charge in [-0.2, -0.15) is 0 Å². The van der Waals surface area contributed by atoms with Gasteiger partial charge >= 0.3 is 0 Å². The first-order chi connectivity index (χ1) is 6.69. The van der Waals surface area contributed by atoms with Crippen LogP contribution in [0.5, 0.6) is 0 Å². The van der Waals surface area contributed by atoms with Crippen LogP contribution in [0.15, 0.2) is 22.7 Å². The fourth-order valence-corrected chi connectivity index (χ4v) is 2.51. The van der Waals surface area contributed by atoms with Gasteiger partial charge < -0.3 is 0 Å². The highest BCUT2D eigenvalue weighted by molar-refractivity contribution is 9.10. The van der Waals surface area contributed by atoms with Crippen molar-refractivity contribution in [1.82, 2.24) is 0 Å². The van der Waals surface area contributed by atoms with Crippen LogP contribution in [0, 0.1) is 0 Å². The Hall–Kier alpha value is -0.0100. The minimum atomic E-state index is 0.632. The molecule has 0 radical (unpaired) electrons. The van der Waals surface area contributed by atoms with E-state index < -0.39 is 0 Å². The minimum absolute atomic E-state index is 0.632. The maximum absolute atomic E-state index is 6.00. The molecule has 0 heterocycles. The summed E-state index contributed by atoms with van der Waals surface area (Å²) in [5.74, 6) is 0.632.